The van der Waals surface area contributed by atoms with E-state index >= 15 is 0 Å². The number of carbonyl (C=O) groups is 1. The number of nitrogens with zero attached hydrogens (tertiary/aromatic N) is 2. The van der Waals surface area contributed by atoms with Crippen LogP contribution in [0.25, 0.3) is 0 Å². The number of benzene rings is 1. The van der Waals surface area contributed by atoms with Gasteiger partial charge in [-0.15, -0.1) is 0 Å². The molecule has 0 saturated carbocycles. The van der Waals surface area contributed by atoms with E-state index in [1.54, 1.807) is 4.90 Å². The van der Waals surface area contributed by atoms with Gasteiger partial charge in [0.25, 0.3) is 0 Å². The summed E-state index contributed by atoms with van der Waals surface area (Å²) in [5, 5.41) is 0. The zero-order valence-corrected chi connectivity index (χ0v) is 7.73. The van der Waals surface area contributed by atoms with Crippen molar-refractivity contribution in [3.63, 3.8) is 0 Å². The minimum Gasteiger partial charge on any atom is -0.292 e. The van der Waals surface area contributed by atoms with Gasteiger partial charge < -0.3 is 0 Å². The van der Waals surface area contributed by atoms with Crippen LogP contribution in [0.15, 0.2) is 29.3 Å². The normalized spacial score (nSPS) is 19.0. The largest absolute Gasteiger partial charge is 0.292 e. The van der Waals surface area contributed by atoms with Gasteiger partial charge in [0.1, 0.15) is 5.84 Å². The van der Waals surface area contributed by atoms with E-state index in [2.05, 4.69) is 11.1 Å². The third kappa shape index (κ3) is 0.923. The molecule has 3 heteroatoms. The summed E-state index contributed by atoms with van der Waals surface area (Å²) in [5.74, 6) is 1.07. The molecule has 0 N–H and O–H groups in total. The maximum atomic E-state index is 11.6. The Labute approximate surface area is 82.1 Å². The Hall–Kier alpha value is -1.64. The van der Waals surface area contributed by atoms with Crippen molar-refractivity contribution in [2.45, 2.75) is 13.0 Å². The Kier molecular flexibility index (Phi) is 1.48. The van der Waals surface area contributed by atoms with Gasteiger partial charge in [-0.25, -0.2) is 0 Å². The van der Waals surface area contributed by atoms with E-state index in [1.165, 1.54) is 5.56 Å². The quantitative estimate of drug-likeness (QED) is 0.598. The van der Waals surface area contributed by atoms with Gasteiger partial charge >= 0.3 is 0 Å². The number of hydrogen-bond donors (Lipinski definition) is 0. The average molecular weight is 186 g/mol. The maximum Gasteiger partial charge on any atom is 0.230 e. The molecule has 0 unspecified atom stereocenters. The first-order chi connectivity index (χ1) is 6.86. The number of fused-ring (bicyclic) bond motifs is 3. The second-order valence-corrected chi connectivity index (χ2v) is 3.59. The molecule has 0 aromatic heterocycles. The van der Waals surface area contributed by atoms with Gasteiger partial charge in [0, 0.05) is 12.0 Å². The summed E-state index contributed by atoms with van der Waals surface area (Å²) < 4.78 is 0. The number of rotatable bonds is 0. The highest BCUT2D eigenvalue weighted by Crippen LogP contribution is 2.25. The van der Waals surface area contributed by atoms with Crippen molar-refractivity contribution in [3.8, 4) is 0 Å². The summed E-state index contributed by atoms with van der Waals surface area (Å²) in [6, 6.07) is 8.09. The molecule has 2 heterocycles. The van der Waals surface area contributed by atoms with E-state index in [9.17, 15) is 4.79 Å². The smallest absolute Gasteiger partial charge is 0.230 e. The van der Waals surface area contributed by atoms with Crippen LogP contribution in [0.5, 0.6) is 0 Å². The predicted molar refractivity (Wildman–Crippen MR) is 53.0 cm³/mol. The van der Waals surface area contributed by atoms with E-state index in [0.29, 0.717) is 19.5 Å². The van der Waals surface area contributed by atoms with Gasteiger partial charge in [-0.3, -0.25) is 14.7 Å². The number of aliphatic imine (C=N–C) groups is 1. The Bertz CT molecular complexity index is 437. The molecule has 3 nitrogen and oxygen atoms in total. The lowest BCUT2D eigenvalue weighted by molar-refractivity contribution is -0.127. The Morgan fingerprint density at radius 1 is 1.29 bits per heavy atom. The van der Waals surface area contributed by atoms with Gasteiger partial charge in [0.2, 0.25) is 5.91 Å². The Morgan fingerprint density at radius 2 is 2.14 bits per heavy atom. The van der Waals surface area contributed by atoms with E-state index in [4.69, 9.17) is 0 Å². The van der Waals surface area contributed by atoms with Crippen LogP contribution < -0.4 is 0 Å². The first-order valence-corrected chi connectivity index (χ1v) is 4.79. The zero-order valence-electron chi connectivity index (χ0n) is 7.73. The minimum absolute atomic E-state index is 0.200. The second-order valence-electron chi connectivity index (χ2n) is 3.59. The molecule has 1 aromatic rings. The van der Waals surface area contributed by atoms with Crippen LogP contribution in [0.4, 0.5) is 0 Å². The van der Waals surface area contributed by atoms with E-state index in [0.717, 1.165) is 11.4 Å². The zero-order chi connectivity index (χ0) is 9.54. The standard InChI is InChI=1S/C11H10N2O/c14-10-5-6-12-11-9-4-2-1-3-8(9)7-13(10)11/h1-4H,5-7H2. The Morgan fingerprint density at radius 3 is 3.07 bits per heavy atom. The van der Waals surface area contributed by atoms with Crippen molar-refractivity contribution in [2.24, 2.45) is 4.99 Å². The summed E-state index contributed by atoms with van der Waals surface area (Å²) in [5.41, 5.74) is 2.34. The Balaban J connectivity index is 2.15. The number of carbonyl (C=O) groups excluding carboxylic acids is 1. The fraction of sp³-hybridized carbons (Fsp3) is 0.273. The molecular weight excluding hydrogens is 176 g/mol. The fourth-order valence-corrected chi connectivity index (χ4v) is 2.04. The number of amidine groups is 1. The predicted octanol–water partition coefficient (Wildman–Crippen LogP) is 1.18. The van der Waals surface area contributed by atoms with E-state index in [-0.39, 0.29) is 5.91 Å². The molecule has 14 heavy (non-hydrogen) atoms. The summed E-state index contributed by atoms with van der Waals surface area (Å²) in [7, 11) is 0. The fourth-order valence-electron chi connectivity index (χ4n) is 2.04. The van der Waals surface area contributed by atoms with Gasteiger partial charge in [-0.2, -0.15) is 0 Å². The summed E-state index contributed by atoms with van der Waals surface area (Å²) in [6.45, 7) is 1.34. The van der Waals surface area contributed by atoms with Crippen LogP contribution in [-0.2, 0) is 11.3 Å². The lowest BCUT2D eigenvalue weighted by Gasteiger charge is -2.20. The average Bonchev–Trinajstić information content (AvgIpc) is 2.59. The van der Waals surface area contributed by atoms with E-state index in [1.807, 2.05) is 18.2 Å². The monoisotopic (exact) mass is 186 g/mol. The lowest BCUT2D eigenvalue weighted by atomic mass is 10.1. The third-order valence-corrected chi connectivity index (χ3v) is 2.73. The van der Waals surface area contributed by atoms with Crippen LogP contribution in [0.3, 0.4) is 0 Å². The van der Waals surface area contributed by atoms with Crippen LogP contribution >= 0.6 is 0 Å². The molecule has 70 valence electrons. The van der Waals surface area contributed by atoms with Crippen molar-refractivity contribution in [3.05, 3.63) is 35.4 Å². The van der Waals surface area contributed by atoms with Crippen LogP contribution in [0, 0.1) is 0 Å². The molecule has 1 aromatic carbocycles. The highest BCUT2D eigenvalue weighted by Gasteiger charge is 2.31. The van der Waals surface area contributed by atoms with Crippen LogP contribution in [0.2, 0.25) is 0 Å². The van der Waals surface area contributed by atoms with Crippen molar-refractivity contribution >= 4 is 11.7 Å². The molecular formula is C11H10N2O. The van der Waals surface area contributed by atoms with E-state index < -0.39 is 0 Å². The first kappa shape index (κ1) is 7.74. The molecule has 0 spiro atoms. The van der Waals surface area contributed by atoms with Crippen molar-refractivity contribution < 1.29 is 4.79 Å². The molecule has 0 fully saturated rings. The van der Waals surface area contributed by atoms with Crippen LogP contribution in [0.1, 0.15) is 17.5 Å². The van der Waals surface area contributed by atoms with Crippen molar-refractivity contribution in [1.82, 2.24) is 4.90 Å². The highest BCUT2D eigenvalue weighted by atomic mass is 16.2. The van der Waals surface area contributed by atoms with Crippen molar-refractivity contribution in [1.29, 1.82) is 0 Å². The van der Waals surface area contributed by atoms with Crippen LogP contribution in [-0.4, -0.2) is 23.2 Å². The lowest BCUT2D eigenvalue weighted by Crippen LogP contribution is -2.35. The molecule has 0 bridgehead atoms. The first-order valence-electron chi connectivity index (χ1n) is 4.79. The van der Waals surface area contributed by atoms with Gasteiger partial charge in [-0.1, -0.05) is 24.3 Å². The second kappa shape index (κ2) is 2.67. The van der Waals surface area contributed by atoms with Gasteiger partial charge in [0.15, 0.2) is 0 Å². The summed E-state index contributed by atoms with van der Waals surface area (Å²) >= 11 is 0. The molecule has 0 aliphatic carbocycles. The van der Waals surface area contributed by atoms with Crippen molar-refractivity contribution in [2.75, 3.05) is 6.54 Å². The number of amides is 1. The molecule has 0 radical (unpaired) electrons. The highest BCUT2D eigenvalue weighted by molar-refractivity contribution is 6.12. The topological polar surface area (TPSA) is 32.7 Å². The third-order valence-electron chi connectivity index (χ3n) is 2.73. The van der Waals surface area contributed by atoms with Gasteiger partial charge in [-0.05, 0) is 5.56 Å². The molecule has 2 aliphatic rings. The number of hydrogen-bond acceptors (Lipinski definition) is 2. The SMILES string of the molecule is O=C1CCN=C2c3ccccc3CN12. The molecule has 0 atom stereocenters. The summed E-state index contributed by atoms with van der Waals surface area (Å²) in [6.07, 6.45) is 0.553. The summed E-state index contributed by atoms with van der Waals surface area (Å²) in [4.78, 5) is 17.8. The van der Waals surface area contributed by atoms with Gasteiger partial charge in [0.05, 0.1) is 13.1 Å². The molecule has 3 rings (SSSR count). The maximum absolute atomic E-state index is 11.6. The molecule has 1 amide bonds. The molecule has 2 aliphatic heterocycles. The minimum atomic E-state index is 0.200. The molecule has 0 saturated heterocycles.